The fourth-order valence-electron chi connectivity index (χ4n) is 4.19. The molecule has 0 aliphatic heterocycles. The summed E-state index contributed by atoms with van der Waals surface area (Å²) >= 11 is 0. The minimum absolute atomic E-state index is 0.790. The average Bonchev–Trinajstić information content (AvgIpc) is 2.50. The van der Waals surface area contributed by atoms with Crippen LogP contribution in [-0.4, -0.2) is 12.6 Å². The predicted octanol–water partition coefficient (Wildman–Crippen LogP) is 6.18. The van der Waals surface area contributed by atoms with E-state index in [0.29, 0.717) is 0 Å². The van der Waals surface area contributed by atoms with Gasteiger partial charge in [0.2, 0.25) is 0 Å². The molecule has 1 aliphatic carbocycles. The van der Waals surface area contributed by atoms with Crippen molar-refractivity contribution in [1.29, 1.82) is 0 Å². The van der Waals surface area contributed by atoms with Crippen LogP contribution in [0.4, 0.5) is 0 Å². The van der Waals surface area contributed by atoms with Crippen molar-refractivity contribution in [3.63, 3.8) is 0 Å². The van der Waals surface area contributed by atoms with Crippen LogP contribution in [0.1, 0.15) is 98.3 Å². The Hall–Kier alpha value is -0.0400. The topological polar surface area (TPSA) is 12.0 Å². The lowest BCUT2D eigenvalue weighted by molar-refractivity contribution is 0.192. The van der Waals surface area contributed by atoms with Gasteiger partial charge in [-0.1, -0.05) is 72.6 Å². The second-order valence-electron chi connectivity index (χ2n) is 7.61. The van der Waals surface area contributed by atoms with Gasteiger partial charge in [0.1, 0.15) is 0 Å². The van der Waals surface area contributed by atoms with Crippen molar-refractivity contribution in [2.45, 2.75) is 104 Å². The van der Waals surface area contributed by atoms with Crippen LogP contribution in [0, 0.1) is 17.8 Å². The molecule has 0 amide bonds. The van der Waals surface area contributed by atoms with E-state index in [0.717, 1.165) is 23.8 Å². The molecule has 0 heterocycles. The highest BCUT2D eigenvalue weighted by molar-refractivity contribution is 4.83. The fraction of sp³-hybridized carbons (Fsp3) is 1.00. The maximum atomic E-state index is 3.89. The van der Waals surface area contributed by atoms with Gasteiger partial charge in [-0.3, -0.25) is 0 Å². The Bertz CT molecular complexity index is 230. The van der Waals surface area contributed by atoms with E-state index in [1.54, 1.807) is 0 Å². The Balaban J connectivity index is 2.40. The summed E-state index contributed by atoms with van der Waals surface area (Å²) in [6.07, 6.45) is 15.7. The Kier molecular flexibility index (Phi) is 10.4. The lowest BCUT2D eigenvalue weighted by Crippen LogP contribution is -2.39. The number of nitrogens with one attached hydrogen (secondary N) is 1. The van der Waals surface area contributed by atoms with Gasteiger partial charge in [0, 0.05) is 6.04 Å². The highest BCUT2D eigenvalue weighted by atomic mass is 14.9. The first-order valence-corrected chi connectivity index (χ1v) is 9.94. The maximum absolute atomic E-state index is 3.89. The first-order valence-electron chi connectivity index (χ1n) is 9.94. The van der Waals surface area contributed by atoms with Crippen LogP contribution in [0.2, 0.25) is 0 Å². The summed E-state index contributed by atoms with van der Waals surface area (Å²) in [6.45, 7) is 10.6. The summed E-state index contributed by atoms with van der Waals surface area (Å²) in [7, 11) is 0. The molecule has 0 aromatic heterocycles. The Morgan fingerprint density at radius 1 is 0.952 bits per heavy atom. The molecule has 0 aromatic carbocycles. The predicted molar refractivity (Wildman–Crippen MR) is 95.7 cm³/mol. The molecule has 2 unspecified atom stereocenters. The molecule has 1 saturated carbocycles. The monoisotopic (exact) mass is 295 g/mol. The van der Waals surface area contributed by atoms with Crippen LogP contribution >= 0.6 is 0 Å². The molecule has 1 rings (SSSR count). The van der Waals surface area contributed by atoms with Gasteiger partial charge in [0.15, 0.2) is 0 Å². The Morgan fingerprint density at radius 2 is 1.67 bits per heavy atom. The van der Waals surface area contributed by atoms with E-state index in [1.165, 1.54) is 77.2 Å². The van der Waals surface area contributed by atoms with Gasteiger partial charge in [-0.15, -0.1) is 0 Å². The van der Waals surface area contributed by atoms with E-state index in [1.807, 2.05) is 0 Å². The molecule has 1 aliphatic rings. The minimum atomic E-state index is 0.790. The minimum Gasteiger partial charge on any atom is -0.314 e. The molecular formula is C20H41N. The van der Waals surface area contributed by atoms with Gasteiger partial charge >= 0.3 is 0 Å². The molecule has 0 spiro atoms. The summed E-state index contributed by atoms with van der Waals surface area (Å²) in [6, 6.07) is 0.790. The van der Waals surface area contributed by atoms with Crippen LogP contribution < -0.4 is 5.32 Å². The number of hydrogen-bond acceptors (Lipinski definition) is 1. The third kappa shape index (κ3) is 7.68. The molecule has 1 heteroatoms. The van der Waals surface area contributed by atoms with E-state index >= 15 is 0 Å². The highest BCUT2D eigenvalue weighted by Crippen LogP contribution is 2.35. The van der Waals surface area contributed by atoms with Crippen LogP contribution in [0.3, 0.4) is 0 Å². The maximum Gasteiger partial charge on any atom is 0.00978 e. The average molecular weight is 296 g/mol. The molecule has 1 fully saturated rings. The molecule has 126 valence electrons. The van der Waals surface area contributed by atoms with Crippen molar-refractivity contribution in [3.8, 4) is 0 Å². The molecule has 21 heavy (non-hydrogen) atoms. The molecule has 1 N–H and O–H groups in total. The Labute approximate surface area is 134 Å². The number of hydrogen-bond donors (Lipinski definition) is 1. The number of unbranched alkanes of at least 4 members (excludes halogenated alkanes) is 1. The normalized spacial score (nSPS) is 25.7. The first-order chi connectivity index (χ1) is 10.2. The van der Waals surface area contributed by atoms with Gasteiger partial charge < -0.3 is 5.32 Å². The van der Waals surface area contributed by atoms with Crippen molar-refractivity contribution >= 4 is 0 Å². The van der Waals surface area contributed by atoms with Gasteiger partial charge in [0.05, 0.1) is 0 Å². The molecule has 1 nitrogen and oxygen atoms in total. The van der Waals surface area contributed by atoms with Gasteiger partial charge in [0.25, 0.3) is 0 Å². The van der Waals surface area contributed by atoms with E-state index in [-0.39, 0.29) is 0 Å². The van der Waals surface area contributed by atoms with E-state index < -0.39 is 0 Å². The molecule has 0 bridgehead atoms. The van der Waals surface area contributed by atoms with Crippen molar-refractivity contribution in [3.05, 3.63) is 0 Å². The van der Waals surface area contributed by atoms with Crippen molar-refractivity contribution < 1.29 is 0 Å². The molecule has 2 atom stereocenters. The zero-order valence-corrected chi connectivity index (χ0v) is 15.3. The van der Waals surface area contributed by atoms with E-state index in [2.05, 4.69) is 33.0 Å². The van der Waals surface area contributed by atoms with Crippen LogP contribution in [0.25, 0.3) is 0 Å². The van der Waals surface area contributed by atoms with Crippen molar-refractivity contribution in [2.24, 2.45) is 17.8 Å². The van der Waals surface area contributed by atoms with Gasteiger partial charge in [-0.2, -0.15) is 0 Å². The summed E-state index contributed by atoms with van der Waals surface area (Å²) < 4.78 is 0. The molecular weight excluding hydrogens is 254 g/mol. The summed E-state index contributed by atoms with van der Waals surface area (Å²) in [4.78, 5) is 0. The van der Waals surface area contributed by atoms with Gasteiger partial charge in [-0.05, 0) is 50.0 Å². The van der Waals surface area contributed by atoms with E-state index in [4.69, 9.17) is 0 Å². The van der Waals surface area contributed by atoms with Crippen molar-refractivity contribution in [1.82, 2.24) is 5.32 Å². The third-order valence-corrected chi connectivity index (χ3v) is 5.52. The Morgan fingerprint density at radius 3 is 2.24 bits per heavy atom. The molecule has 0 radical (unpaired) electrons. The lowest BCUT2D eigenvalue weighted by atomic mass is 9.75. The number of rotatable bonds is 11. The third-order valence-electron chi connectivity index (χ3n) is 5.52. The van der Waals surface area contributed by atoms with Crippen molar-refractivity contribution in [2.75, 3.05) is 6.54 Å². The van der Waals surface area contributed by atoms with Crippen LogP contribution in [-0.2, 0) is 0 Å². The summed E-state index contributed by atoms with van der Waals surface area (Å²) in [5, 5.41) is 3.89. The first kappa shape index (κ1) is 19.0. The lowest BCUT2D eigenvalue weighted by Gasteiger charge is -2.36. The summed E-state index contributed by atoms with van der Waals surface area (Å²) in [5.41, 5.74) is 0. The van der Waals surface area contributed by atoms with Crippen LogP contribution in [0.5, 0.6) is 0 Å². The smallest absolute Gasteiger partial charge is 0.00978 e. The SMILES string of the molecule is CCCCC1CCC(C(CC(C)CCC)NCCC)CC1. The standard InChI is InChI=1S/C20H41N/c1-5-8-10-18-11-13-19(14-12-18)20(21-15-7-3)16-17(4)9-6-2/h17-21H,5-16H2,1-4H3. The van der Waals surface area contributed by atoms with Gasteiger partial charge in [-0.25, -0.2) is 0 Å². The fourth-order valence-corrected chi connectivity index (χ4v) is 4.19. The second-order valence-corrected chi connectivity index (χ2v) is 7.61. The quantitative estimate of drug-likeness (QED) is 0.480. The summed E-state index contributed by atoms with van der Waals surface area (Å²) in [5.74, 6) is 2.89. The zero-order chi connectivity index (χ0) is 15.5. The van der Waals surface area contributed by atoms with E-state index in [9.17, 15) is 0 Å². The second kappa shape index (κ2) is 11.5. The zero-order valence-electron chi connectivity index (χ0n) is 15.3. The largest absolute Gasteiger partial charge is 0.314 e. The van der Waals surface area contributed by atoms with Crippen LogP contribution in [0.15, 0.2) is 0 Å². The molecule has 0 aromatic rings. The molecule has 0 saturated heterocycles. The highest BCUT2D eigenvalue weighted by Gasteiger charge is 2.27.